The first-order chi connectivity index (χ1) is 14.6. The predicted molar refractivity (Wildman–Crippen MR) is 103 cm³/mol. The number of halogens is 5. The number of alkyl halides is 5. The van der Waals surface area contributed by atoms with Gasteiger partial charge in [-0.1, -0.05) is 0 Å². The fourth-order valence-electron chi connectivity index (χ4n) is 3.18. The summed E-state index contributed by atoms with van der Waals surface area (Å²) in [5.74, 6) is -0.357. The van der Waals surface area contributed by atoms with Crippen LogP contribution in [0.1, 0.15) is 5.56 Å². The lowest BCUT2D eigenvalue weighted by atomic mass is 10.2. The lowest BCUT2D eigenvalue weighted by molar-refractivity contribution is -0.137. The molecule has 1 aromatic carbocycles. The molecule has 0 aliphatic carbocycles. The van der Waals surface area contributed by atoms with Crippen molar-refractivity contribution in [1.82, 2.24) is 14.7 Å². The minimum absolute atomic E-state index is 0.0586. The van der Waals surface area contributed by atoms with Gasteiger partial charge in [-0.3, -0.25) is 14.5 Å². The number of benzene rings is 1. The molecule has 1 fully saturated rings. The molecule has 0 radical (unpaired) electrons. The molecule has 31 heavy (non-hydrogen) atoms. The maximum Gasteiger partial charge on any atom is 0.416 e. The molecule has 0 bridgehead atoms. The summed E-state index contributed by atoms with van der Waals surface area (Å²) >= 11 is 0. The van der Waals surface area contributed by atoms with Crippen molar-refractivity contribution in [3.63, 3.8) is 0 Å². The van der Waals surface area contributed by atoms with E-state index in [9.17, 15) is 31.5 Å². The van der Waals surface area contributed by atoms with Gasteiger partial charge >= 0.3 is 6.18 Å². The third-order valence-corrected chi connectivity index (χ3v) is 4.77. The fraction of sp³-hybridized carbons (Fsp3) is 0.421. The van der Waals surface area contributed by atoms with Gasteiger partial charge in [0, 0.05) is 37.9 Å². The average Bonchev–Trinajstić information content (AvgIpc) is 2.69. The van der Waals surface area contributed by atoms with Crippen LogP contribution in [0.15, 0.2) is 41.3 Å². The van der Waals surface area contributed by atoms with Crippen LogP contribution in [-0.2, 0) is 17.5 Å². The molecule has 0 spiro atoms. The van der Waals surface area contributed by atoms with Crippen LogP contribution >= 0.6 is 0 Å². The highest BCUT2D eigenvalue weighted by atomic mass is 19.4. The van der Waals surface area contributed by atoms with Crippen molar-refractivity contribution in [2.75, 3.05) is 42.9 Å². The highest BCUT2D eigenvalue weighted by Gasteiger charge is 2.30. The molecule has 1 aliphatic rings. The van der Waals surface area contributed by atoms with Gasteiger partial charge in [0.05, 0.1) is 24.0 Å². The Labute approximate surface area is 174 Å². The average molecular weight is 445 g/mol. The van der Waals surface area contributed by atoms with Crippen molar-refractivity contribution >= 4 is 17.3 Å². The molecular weight excluding hydrogens is 425 g/mol. The summed E-state index contributed by atoms with van der Waals surface area (Å²) in [5.41, 5.74) is -0.620. The highest BCUT2D eigenvalue weighted by Crippen LogP contribution is 2.29. The normalized spacial score (nSPS) is 15.4. The van der Waals surface area contributed by atoms with Crippen LogP contribution in [0, 0.1) is 0 Å². The lowest BCUT2D eigenvalue weighted by Crippen LogP contribution is -2.49. The number of hydrogen-bond donors (Lipinski definition) is 1. The van der Waals surface area contributed by atoms with Crippen molar-refractivity contribution in [3.8, 4) is 0 Å². The Balaban J connectivity index is 1.49. The Kier molecular flexibility index (Phi) is 6.88. The van der Waals surface area contributed by atoms with Gasteiger partial charge in [-0.05, 0) is 24.3 Å². The van der Waals surface area contributed by atoms with E-state index in [2.05, 4.69) is 10.4 Å². The molecule has 7 nitrogen and oxygen atoms in total. The van der Waals surface area contributed by atoms with Crippen molar-refractivity contribution in [3.05, 3.63) is 52.4 Å². The second-order valence-corrected chi connectivity index (χ2v) is 7.01. The number of rotatable bonds is 6. The molecule has 1 saturated heterocycles. The van der Waals surface area contributed by atoms with Crippen molar-refractivity contribution < 1.29 is 26.7 Å². The molecule has 12 heteroatoms. The molecule has 1 aromatic heterocycles. The summed E-state index contributed by atoms with van der Waals surface area (Å²) in [4.78, 5) is 27.8. The maximum absolute atomic E-state index is 12.6. The number of piperazine rings is 1. The Morgan fingerprint density at radius 2 is 1.74 bits per heavy atom. The van der Waals surface area contributed by atoms with Crippen LogP contribution in [0.25, 0.3) is 0 Å². The Morgan fingerprint density at radius 1 is 1.10 bits per heavy atom. The standard InChI is InChI=1S/C19H20F5N5O2/c20-16(21)11-29-18(31)9-15(10-25-29)28-7-5-27(6-8-28)12-17(30)26-14-3-1-13(2-4-14)19(22,23)24/h1-4,9-10,16H,5-8,11-12H2,(H,26,30). The number of nitrogens with zero attached hydrogens (tertiary/aromatic N) is 4. The quantitative estimate of drug-likeness (QED) is 0.691. The summed E-state index contributed by atoms with van der Waals surface area (Å²) in [7, 11) is 0. The number of anilines is 2. The first kappa shape index (κ1) is 22.7. The molecule has 2 heterocycles. The van der Waals surface area contributed by atoms with E-state index in [4.69, 9.17) is 0 Å². The van der Waals surface area contributed by atoms with E-state index < -0.39 is 30.3 Å². The molecule has 2 aromatic rings. The second kappa shape index (κ2) is 9.41. The summed E-state index contributed by atoms with van der Waals surface area (Å²) in [6, 6.07) is 5.45. The lowest BCUT2D eigenvalue weighted by Gasteiger charge is -2.35. The molecule has 1 amide bonds. The van der Waals surface area contributed by atoms with E-state index in [1.165, 1.54) is 24.4 Å². The molecule has 0 atom stereocenters. The van der Waals surface area contributed by atoms with Gasteiger partial charge in [-0.15, -0.1) is 0 Å². The number of hydrogen-bond acceptors (Lipinski definition) is 5. The number of carbonyl (C=O) groups excluding carboxylic acids is 1. The summed E-state index contributed by atoms with van der Waals surface area (Å²) in [5, 5.41) is 6.33. The van der Waals surface area contributed by atoms with Crippen LogP contribution in [0.3, 0.4) is 0 Å². The van der Waals surface area contributed by atoms with E-state index in [1.54, 1.807) is 0 Å². The summed E-state index contributed by atoms with van der Waals surface area (Å²) < 4.78 is 63.3. The van der Waals surface area contributed by atoms with E-state index in [0.29, 0.717) is 36.5 Å². The second-order valence-electron chi connectivity index (χ2n) is 7.01. The van der Waals surface area contributed by atoms with E-state index in [1.807, 2.05) is 9.80 Å². The Bertz CT molecular complexity index is 953. The van der Waals surface area contributed by atoms with Crippen molar-refractivity contribution in [1.29, 1.82) is 0 Å². The Hall–Kier alpha value is -3.02. The molecule has 3 rings (SSSR count). The third-order valence-electron chi connectivity index (χ3n) is 4.77. The first-order valence-corrected chi connectivity index (χ1v) is 9.41. The van der Waals surface area contributed by atoms with Crippen LogP contribution in [0.4, 0.5) is 33.3 Å². The third kappa shape index (κ3) is 6.23. The van der Waals surface area contributed by atoms with Gasteiger partial charge in [-0.25, -0.2) is 13.5 Å². The largest absolute Gasteiger partial charge is 0.416 e. The SMILES string of the molecule is O=C(CN1CCN(c2cnn(CC(F)F)c(=O)c2)CC1)Nc1ccc(C(F)(F)F)cc1. The van der Waals surface area contributed by atoms with Gasteiger partial charge in [0.15, 0.2) is 0 Å². The van der Waals surface area contributed by atoms with Crippen LogP contribution in [0.2, 0.25) is 0 Å². The first-order valence-electron chi connectivity index (χ1n) is 9.41. The van der Waals surface area contributed by atoms with E-state index in [-0.39, 0.29) is 18.1 Å². The maximum atomic E-state index is 12.6. The summed E-state index contributed by atoms with van der Waals surface area (Å²) in [6.07, 6.45) is -5.75. The minimum atomic E-state index is -4.44. The summed E-state index contributed by atoms with van der Waals surface area (Å²) in [6.45, 7) is 1.28. The predicted octanol–water partition coefficient (Wildman–Crippen LogP) is 2.29. The number of aromatic nitrogens is 2. The zero-order valence-electron chi connectivity index (χ0n) is 16.3. The number of amides is 1. The zero-order valence-corrected chi connectivity index (χ0v) is 16.3. The number of carbonyl (C=O) groups is 1. The zero-order chi connectivity index (χ0) is 22.6. The number of nitrogens with one attached hydrogen (secondary N) is 1. The highest BCUT2D eigenvalue weighted by molar-refractivity contribution is 5.92. The van der Waals surface area contributed by atoms with E-state index in [0.717, 1.165) is 12.1 Å². The van der Waals surface area contributed by atoms with Crippen molar-refractivity contribution in [2.45, 2.75) is 19.1 Å². The van der Waals surface area contributed by atoms with Gasteiger partial charge in [0.25, 0.3) is 12.0 Å². The Morgan fingerprint density at radius 3 is 2.29 bits per heavy atom. The van der Waals surface area contributed by atoms with Crippen LogP contribution in [0.5, 0.6) is 0 Å². The van der Waals surface area contributed by atoms with Crippen molar-refractivity contribution in [2.24, 2.45) is 0 Å². The molecule has 1 aliphatic heterocycles. The fourth-order valence-corrected chi connectivity index (χ4v) is 3.18. The van der Waals surface area contributed by atoms with Gasteiger partial charge in [0.1, 0.15) is 6.54 Å². The monoisotopic (exact) mass is 445 g/mol. The smallest absolute Gasteiger partial charge is 0.368 e. The molecule has 0 unspecified atom stereocenters. The molecular formula is C19H20F5N5O2. The van der Waals surface area contributed by atoms with Gasteiger partial charge in [-0.2, -0.15) is 18.3 Å². The van der Waals surface area contributed by atoms with Crippen LogP contribution in [-0.4, -0.2) is 59.7 Å². The molecule has 168 valence electrons. The van der Waals surface area contributed by atoms with Gasteiger partial charge < -0.3 is 10.2 Å². The molecule has 1 N–H and O–H groups in total. The van der Waals surface area contributed by atoms with Gasteiger partial charge in [0.2, 0.25) is 5.91 Å². The molecule has 0 saturated carbocycles. The topological polar surface area (TPSA) is 70.5 Å². The minimum Gasteiger partial charge on any atom is -0.368 e. The van der Waals surface area contributed by atoms with E-state index >= 15 is 0 Å². The van der Waals surface area contributed by atoms with Crippen LogP contribution < -0.4 is 15.8 Å².